The van der Waals surface area contributed by atoms with Gasteiger partial charge in [0.1, 0.15) is 12.4 Å². The molecule has 26 heavy (non-hydrogen) atoms. The fraction of sp³-hybridized carbons (Fsp3) is 0.0455. The van der Waals surface area contributed by atoms with Crippen LogP contribution in [0.1, 0.15) is 16.7 Å². The molecule has 1 aliphatic rings. The van der Waals surface area contributed by atoms with Gasteiger partial charge < -0.3 is 10.1 Å². The summed E-state index contributed by atoms with van der Waals surface area (Å²) in [6.07, 6.45) is 1.86. The van der Waals surface area contributed by atoms with E-state index in [9.17, 15) is 4.79 Å². The van der Waals surface area contributed by atoms with E-state index in [0.717, 1.165) is 28.1 Å². The summed E-state index contributed by atoms with van der Waals surface area (Å²) in [5.41, 5.74) is 4.27. The van der Waals surface area contributed by atoms with E-state index < -0.39 is 0 Å². The second-order valence-corrected chi connectivity index (χ2v) is 6.48. The average Bonchev–Trinajstić information content (AvgIpc) is 2.97. The molecular weight excluding hydrogens is 346 g/mol. The summed E-state index contributed by atoms with van der Waals surface area (Å²) in [5, 5.41) is 3.46. The van der Waals surface area contributed by atoms with Crippen molar-refractivity contribution >= 4 is 34.8 Å². The lowest BCUT2D eigenvalue weighted by atomic mass is 10.0. The Balaban J connectivity index is 1.52. The van der Waals surface area contributed by atoms with Crippen LogP contribution in [0.2, 0.25) is 5.02 Å². The van der Waals surface area contributed by atoms with Crippen LogP contribution >= 0.6 is 11.6 Å². The minimum Gasteiger partial charge on any atom is -0.489 e. The van der Waals surface area contributed by atoms with E-state index in [1.165, 1.54) is 0 Å². The molecule has 3 aromatic rings. The zero-order chi connectivity index (χ0) is 17.9. The quantitative estimate of drug-likeness (QED) is 0.631. The van der Waals surface area contributed by atoms with Gasteiger partial charge in [-0.3, -0.25) is 4.79 Å². The van der Waals surface area contributed by atoms with Crippen LogP contribution in [0.15, 0.2) is 72.8 Å². The van der Waals surface area contributed by atoms with Crippen LogP contribution in [-0.4, -0.2) is 5.91 Å². The number of ether oxygens (including phenoxy) is 1. The Hall–Kier alpha value is -3.04. The van der Waals surface area contributed by atoms with Crippen LogP contribution in [-0.2, 0) is 11.4 Å². The highest BCUT2D eigenvalue weighted by Gasteiger charge is 2.24. The molecule has 128 valence electrons. The first-order valence-corrected chi connectivity index (χ1v) is 8.66. The number of benzene rings is 3. The van der Waals surface area contributed by atoms with Gasteiger partial charge in [0.2, 0.25) is 0 Å². The third-order valence-corrected chi connectivity index (χ3v) is 4.44. The number of halogens is 1. The third-order valence-electron chi connectivity index (χ3n) is 4.20. The number of fused-ring (bicyclic) bond motifs is 1. The number of carbonyl (C=O) groups excluding carboxylic acids is 1. The number of anilines is 1. The van der Waals surface area contributed by atoms with Gasteiger partial charge in [0.15, 0.2) is 0 Å². The van der Waals surface area contributed by atoms with Crippen LogP contribution in [0.25, 0.3) is 11.6 Å². The summed E-state index contributed by atoms with van der Waals surface area (Å²) in [6.45, 7) is 0.523. The van der Waals surface area contributed by atoms with Gasteiger partial charge in [0.25, 0.3) is 5.91 Å². The van der Waals surface area contributed by atoms with Crippen LogP contribution in [0.3, 0.4) is 0 Å². The number of nitrogens with one attached hydrogen (secondary N) is 1. The molecule has 1 aliphatic heterocycles. The van der Waals surface area contributed by atoms with E-state index in [0.29, 0.717) is 17.2 Å². The lowest BCUT2D eigenvalue weighted by molar-refractivity contribution is -0.110. The number of hydrogen-bond acceptors (Lipinski definition) is 2. The second kappa shape index (κ2) is 7.06. The zero-order valence-electron chi connectivity index (χ0n) is 13.9. The number of rotatable bonds is 4. The summed E-state index contributed by atoms with van der Waals surface area (Å²) < 4.78 is 5.79. The lowest BCUT2D eigenvalue weighted by Crippen LogP contribution is -2.03. The fourth-order valence-corrected chi connectivity index (χ4v) is 3.04. The van der Waals surface area contributed by atoms with Crippen molar-refractivity contribution in [3.63, 3.8) is 0 Å². The Kier molecular flexibility index (Phi) is 4.46. The Morgan fingerprint density at radius 3 is 2.50 bits per heavy atom. The Morgan fingerprint density at radius 1 is 0.962 bits per heavy atom. The van der Waals surface area contributed by atoms with Gasteiger partial charge in [-0.25, -0.2) is 0 Å². The van der Waals surface area contributed by atoms with Crippen LogP contribution in [0.4, 0.5) is 5.69 Å². The van der Waals surface area contributed by atoms with Crippen molar-refractivity contribution in [3.8, 4) is 5.75 Å². The minimum absolute atomic E-state index is 0.119. The number of carbonyl (C=O) groups is 1. The Morgan fingerprint density at radius 2 is 1.73 bits per heavy atom. The van der Waals surface area contributed by atoms with E-state index in [1.807, 2.05) is 66.7 Å². The van der Waals surface area contributed by atoms with Gasteiger partial charge >= 0.3 is 0 Å². The molecule has 0 bridgehead atoms. The van der Waals surface area contributed by atoms with Gasteiger partial charge in [-0.15, -0.1) is 0 Å². The van der Waals surface area contributed by atoms with Gasteiger partial charge in [-0.2, -0.15) is 0 Å². The predicted octanol–water partition coefficient (Wildman–Crippen LogP) is 5.41. The van der Waals surface area contributed by atoms with Crippen molar-refractivity contribution < 1.29 is 9.53 Å². The Labute approximate surface area is 156 Å². The highest BCUT2D eigenvalue weighted by Crippen LogP contribution is 2.35. The van der Waals surface area contributed by atoms with Crippen molar-refractivity contribution in [2.45, 2.75) is 6.61 Å². The molecule has 0 unspecified atom stereocenters. The minimum atomic E-state index is -0.119. The molecule has 0 radical (unpaired) electrons. The van der Waals surface area contributed by atoms with Crippen LogP contribution in [0, 0.1) is 0 Å². The van der Waals surface area contributed by atoms with E-state index >= 15 is 0 Å². The van der Waals surface area contributed by atoms with Gasteiger partial charge in [-0.1, -0.05) is 54.1 Å². The lowest BCUT2D eigenvalue weighted by Gasteiger charge is -2.06. The third kappa shape index (κ3) is 3.48. The molecule has 0 atom stereocenters. The van der Waals surface area contributed by atoms with Crippen molar-refractivity contribution in [1.82, 2.24) is 0 Å². The molecule has 0 saturated carbocycles. The van der Waals surface area contributed by atoms with Crippen molar-refractivity contribution in [3.05, 3.63) is 94.5 Å². The monoisotopic (exact) mass is 361 g/mol. The zero-order valence-corrected chi connectivity index (χ0v) is 14.7. The molecule has 4 heteroatoms. The largest absolute Gasteiger partial charge is 0.489 e. The molecule has 3 aromatic carbocycles. The molecule has 0 saturated heterocycles. The van der Waals surface area contributed by atoms with Crippen LogP contribution < -0.4 is 10.1 Å². The van der Waals surface area contributed by atoms with Gasteiger partial charge in [-0.05, 0) is 47.5 Å². The Bertz CT molecular complexity index is 979. The summed E-state index contributed by atoms with van der Waals surface area (Å²) in [6, 6.07) is 23.1. The maximum atomic E-state index is 12.2. The highest BCUT2D eigenvalue weighted by molar-refractivity contribution is 6.36. The maximum absolute atomic E-state index is 12.2. The molecule has 1 amide bonds. The molecule has 1 N–H and O–H groups in total. The normalized spacial score (nSPS) is 14.2. The van der Waals surface area contributed by atoms with Gasteiger partial charge in [0.05, 0.1) is 0 Å². The topological polar surface area (TPSA) is 38.3 Å². The SMILES string of the molecule is O=C1Nc2ccc(Cl)cc2/C1=C\c1ccc(OCc2ccccc2)cc1. The molecular formula is C22H16ClNO2. The molecule has 0 aromatic heterocycles. The first-order chi connectivity index (χ1) is 12.7. The first kappa shape index (κ1) is 16.4. The average molecular weight is 362 g/mol. The van der Waals surface area contributed by atoms with Crippen molar-refractivity contribution in [1.29, 1.82) is 0 Å². The molecule has 0 spiro atoms. The van der Waals surface area contributed by atoms with Gasteiger partial charge in [0, 0.05) is 21.8 Å². The fourth-order valence-electron chi connectivity index (χ4n) is 2.87. The molecule has 0 aliphatic carbocycles. The molecule has 4 rings (SSSR count). The smallest absolute Gasteiger partial charge is 0.256 e. The number of amides is 1. The van der Waals surface area contributed by atoms with E-state index in [2.05, 4.69) is 5.32 Å². The molecule has 1 heterocycles. The maximum Gasteiger partial charge on any atom is 0.256 e. The predicted molar refractivity (Wildman–Crippen MR) is 105 cm³/mol. The summed E-state index contributed by atoms with van der Waals surface area (Å²) in [5.74, 6) is 0.669. The standard InChI is InChI=1S/C22H16ClNO2/c23-17-8-11-21-19(13-17)20(22(25)24-21)12-15-6-9-18(10-7-15)26-14-16-4-2-1-3-5-16/h1-13H,14H2,(H,24,25)/b20-12+. The molecule has 3 nitrogen and oxygen atoms in total. The van der Waals surface area contributed by atoms with Crippen LogP contribution in [0.5, 0.6) is 5.75 Å². The summed E-state index contributed by atoms with van der Waals surface area (Å²) in [7, 11) is 0. The van der Waals surface area contributed by atoms with E-state index in [4.69, 9.17) is 16.3 Å². The molecule has 0 fully saturated rings. The second-order valence-electron chi connectivity index (χ2n) is 6.05. The van der Waals surface area contributed by atoms with Crippen molar-refractivity contribution in [2.24, 2.45) is 0 Å². The van der Waals surface area contributed by atoms with Crippen molar-refractivity contribution in [2.75, 3.05) is 5.32 Å². The van der Waals surface area contributed by atoms with E-state index in [-0.39, 0.29) is 5.91 Å². The number of hydrogen-bond donors (Lipinski definition) is 1. The summed E-state index contributed by atoms with van der Waals surface area (Å²) in [4.78, 5) is 12.2. The summed E-state index contributed by atoms with van der Waals surface area (Å²) >= 11 is 6.06. The first-order valence-electron chi connectivity index (χ1n) is 8.29. The van der Waals surface area contributed by atoms with E-state index in [1.54, 1.807) is 12.1 Å². The highest BCUT2D eigenvalue weighted by atomic mass is 35.5.